The van der Waals surface area contributed by atoms with Gasteiger partial charge in [0.1, 0.15) is 0 Å². The van der Waals surface area contributed by atoms with Gasteiger partial charge in [0.25, 0.3) is 0 Å². The molecule has 1 aromatic heterocycles. The number of hydrogen-bond acceptors (Lipinski definition) is 5. The second-order valence-electron chi connectivity index (χ2n) is 6.30. The zero-order chi connectivity index (χ0) is 16.4. The first-order chi connectivity index (χ1) is 11.8. The minimum absolute atomic E-state index is 0.0869. The highest BCUT2D eigenvalue weighted by molar-refractivity contribution is 7.22. The zero-order valence-electron chi connectivity index (χ0n) is 13.5. The van der Waals surface area contributed by atoms with Crippen molar-refractivity contribution < 1.29 is 9.53 Å². The third kappa shape index (κ3) is 3.44. The van der Waals surface area contributed by atoms with Gasteiger partial charge in [0.05, 0.1) is 23.4 Å². The molecule has 2 aromatic rings. The Balaban J connectivity index is 1.46. The molecule has 0 spiro atoms. The van der Waals surface area contributed by atoms with E-state index in [0.717, 1.165) is 60.2 Å². The number of ether oxygens (including phenoxy) is 1. The summed E-state index contributed by atoms with van der Waals surface area (Å²) in [5.41, 5.74) is 1.84. The highest BCUT2D eigenvalue weighted by Crippen LogP contribution is 2.31. The molecule has 24 heavy (non-hydrogen) atoms. The van der Waals surface area contributed by atoms with Crippen LogP contribution in [-0.2, 0) is 9.53 Å². The SMILES string of the molecule is O=C(C[C@H]1C=CCC1)Nc1ccc2nc(N3CCOCC3)sc2c1. The number of carbonyl (C=O) groups excluding carboxylic acids is 1. The van der Waals surface area contributed by atoms with E-state index in [0.29, 0.717) is 12.3 Å². The molecule has 1 fully saturated rings. The summed E-state index contributed by atoms with van der Waals surface area (Å²) >= 11 is 1.67. The molecular formula is C18H21N3O2S. The topological polar surface area (TPSA) is 54.5 Å². The monoisotopic (exact) mass is 343 g/mol. The molecule has 1 atom stereocenters. The summed E-state index contributed by atoms with van der Waals surface area (Å²) in [5, 5.41) is 4.06. The van der Waals surface area contributed by atoms with Crippen LogP contribution in [0.3, 0.4) is 0 Å². The first-order valence-electron chi connectivity index (χ1n) is 8.48. The van der Waals surface area contributed by atoms with Gasteiger partial charge < -0.3 is 15.0 Å². The smallest absolute Gasteiger partial charge is 0.224 e. The van der Waals surface area contributed by atoms with Gasteiger partial charge in [0, 0.05) is 25.2 Å². The fourth-order valence-electron chi connectivity index (χ4n) is 3.20. The summed E-state index contributed by atoms with van der Waals surface area (Å²) in [4.78, 5) is 19.1. The molecule has 126 valence electrons. The first-order valence-corrected chi connectivity index (χ1v) is 9.29. The average molecular weight is 343 g/mol. The van der Waals surface area contributed by atoms with Crippen molar-refractivity contribution in [2.45, 2.75) is 19.3 Å². The maximum atomic E-state index is 12.2. The van der Waals surface area contributed by atoms with Crippen LogP contribution in [-0.4, -0.2) is 37.2 Å². The highest BCUT2D eigenvalue weighted by Gasteiger charge is 2.17. The van der Waals surface area contributed by atoms with Crippen LogP contribution in [0.1, 0.15) is 19.3 Å². The number of aromatic nitrogens is 1. The number of carbonyl (C=O) groups is 1. The van der Waals surface area contributed by atoms with Crippen LogP contribution in [0.2, 0.25) is 0 Å². The summed E-state index contributed by atoms with van der Waals surface area (Å²) in [7, 11) is 0. The van der Waals surface area contributed by atoms with Crippen LogP contribution in [0.25, 0.3) is 10.2 Å². The Bertz CT molecular complexity index is 765. The molecule has 1 aliphatic carbocycles. The van der Waals surface area contributed by atoms with E-state index >= 15 is 0 Å². The normalized spacial score (nSPS) is 20.7. The van der Waals surface area contributed by atoms with Crippen molar-refractivity contribution in [3.05, 3.63) is 30.4 Å². The maximum absolute atomic E-state index is 12.2. The van der Waals surface area contributed by atoms with E-state index in [-0.39, 0.29) is 5.91 Å². The molecule has 0 saturated carbocycles. The van der Waals surface area contributed by atoms with Gasteiger partial charge in [-0.05, 0) is 37.0 Å². The Labute approximate surface area is 145 Å². The Morgan fingerprint density at radius 2 is 2.25 bits per heavy atom. The fraction of sp³-hybridized carbons (Fsp3) is 0.444. The molecule has 2 aliphatic rings. The number of amides is 1. The van der Waals surface area contributed by atoms with E-state index in [9.17, 15) is 4.79 Å². The molecule has 1 aliphatic heterocycles. The molecule has 0 bridgehead atoms. The standard InChI is InChI=1S/C18H21N3O2S/c22-17(11-13-3-1-2-4-13)19-14-5-6-15-16(12-14)24-18(20-15)21-7-9-23-10-8-21/h1,3,5-6,12-13H,2,4,7-11H2,(H,19,22)/t13-/m0/s1. The largest absolute Gasteiger partial charge is 0.378 e. The summed E-state index contributed by atoms with van der Waals surface area (Å²) in [6.07, 6.45) is 7.06. The summed E-state index contributed by atoms with van der Waals surface area (Å²) in [5.74, 6) is 0.480. The predicted molar refractivity (Wildman–Crippen MR) is 97.8 cm³/mol. The van der Waals surface area contributed by atoms with Gasteiger partial charge in [-0.2, -0.15) is 0 Å². The van der Waals surface area contributed by atoms with Crippen molar-refractivity contribution in [1.82, 2.24) is 4.98 Å². The van der Waals surface area contributed by atoms with E-state index in [1.165, 1.54) is 0 Å². The van der Waals surface area contributed by atoms with Crippen LogP contribution in [0.15, 0.2) is 30.4 Å². The number of rotatable bonds is 4. The third-order valence-corrected chi connectivity index (χ3v) is 5.58. The molecule has 0 unspecified atom stereocenters. The lowest BCUT2D eigenvalue weighted by Gasteiger charge is -2.25. The van der Waals surface area contributed by atoms with E-state index in [4.69, 9.17) is 9.72 Å². The lowest BCUT2D eigenvalue weighted by Crippen LogP contribution is -2.36. The molecular weight excluding hydrogens is 322 g/mol. The Morgan fingerprint density at radius 3 is 3.04 bits per heavy atom. The Hall–Kier alpha value is -1.92. The third-order valence-electron chi connectivity index (χ3n) is 4.50. The second kappa shape index (κ2) is 6.91. The van der Waals surface area contributed by atoms with Gasteiger partial charge in [0.15, 0.2) is 5.13 Å². The fourth-order valence-corrected chi connectivity index (χ4v) is 4.25. The number of nitrogens with one attached hydrogen (secondary N) is 1. The van der Waals surface area contributed by atoms with Crippen molar-refractivity contribution in [2.75, 3.05) is 36.5 Å². The quantitative estimate of drug-likeness (QED) is 0.864. The summed E-state index contributed by atoms with van der Waals surface area (Å²) in [6, 6.07) is 5.95. The van der Waals surface area contributed by atoms with Crippen LogP contribution >= 0.6 is 11.3 Å². The van der Waals surface area contributed by atoms with Gasteiger partial charge in [-0.25, -0.2) is 4.98 Å². The van der Waals surface area contributed by atoms with E-state index in [1.54, 1.807) is 11.3 Å². The van der Waals surface area contributed by atoms with Gasteiger partial charge in [-0.1, -0.05) is 23.5 Å². The minimum Gasteiger partial charge on any atom is -0.378 e. The molecule has 1 amide bonds. The van der Waals surface area contributed by atoms with Crippen LogP contribution in [0.5, 0.6) is 0 Å². The number of anilines is 2. The van der Waals surface area contributed by atoms with Crippen molar-refractivity contribution in [3.8, 4) is 0 Å². The first kappa shape index (κ1) is 15.6. The molecule has 5 nitrogen and oxygen atoms in total. The molecule has 1 saturated heterocycles. The summed E-state index contributed by atoms with van der Waals surface area (Å²) < 4.78 is 6.50. The minimum atomic E-state index is 0.0869. The van der Waals surface area contributed by atoms with E-state index < -0.39 is 0 Å². The van der Waals surface area contributed by atoms with Gasteiger partial charge >= 0.3 is 0 Å². The van der Waals surface area contributed by atoms with Crippen molar-refractivity contribution in [2.24, 2.45) is 5.92 Å². The van der Waals surface area contributed by atoms with Crippen LogP contribution < -0.4 is 10.2 Å². The van der Waals surface area contributed by atoms with E-state index in [1.807, 2.05) is 18.2 Å². The number of benzene rings is 1. The molecule has 4 rings (SSSR count). The van der Waals surface area contributed by atoms with Crippen molar-refractivity contribution >= 4 is 38.3 Å². The van der Waals surface area contributed by atoms with Crippen molar-refractivity contribution in [3.63, 3.8) is 0 Å². The molecule has 6 heteroatoms. The maximum Gasteiger partial charge on any atom is 0.224 e. The van der Waals surface area contributed by atoms with Gasteiger partial charge in [0.2, 0.25) is 5.91 Å². The van der Waals surface area contributed by atoms with Crippen molar-refractivity contribution in [1.29, 1.82) is 0 Å². The second-order valence-corrected chi connectivity index (χ2v) is 7.31. The van der Waals surface area contributed by atoms with Gasteiger partial charge in [-0.15, -0.1) is 0 Å². The number of hydrogen-bond donors (Lipinski definition) is 1. The van der Waals surface area contributed by atoms with Crippen LogP contribution in [0.4, 0.5) is 10.8 Å². The summed E-state index contributed by atoms with van der Waals surface area (Å²) in [6.45, 7) is 3.29. The molecule has 1 N–H and O–H groups in total. The molecule has 1 aromatic carbocycles. The lowest BCUT2D eigenvalue weighted by molar-refractivity contribution is -0.116. The predicted octanol–water partition coefficient (Wildman–Crippen LogP) is 3.43. The Morgan fingerprint density at radius 1 is 1.38 bits per heavy atom. The number of fused-ring (bicyclic) bond motifs is 1. The zero-order valence-corrected chi connectivity index (χ0v) is 14.3. The van der Waals surface area contributed by atoms with Crippen LogP contribution in [0, 0.1) is 5.92 Å². The van der Waals surface area contributed by atoms with E-state index in [2.05, 4.69) is 22.4 Å². The lowest BCUT2D eigenvalue weighted by atomic mass is 10.1. The number of allylic oxidation sites excluding steroid dienone is 2. The average Bonchev–Trinajstić information content (AvgIpc) is 3.24. The van der Waals surface area contributed by atoms with Gasteiger partial charge in [-0.3, -0.25) is 4.79 Å². The molecule has 0 radical (unpaired) electrons. The number of morpholine rings is 1. The Kier molecular flexibility index (Phi) is 4.49. The number of nitrogens with zero attached hydrogens (tertiary/aromatic N) is 2. The molecule has 2 heterocycles. The number of thiazole rings is 1. The highest BCUT2D eigenvalue weighted by atomic mass is 32.1.